The Labute approximate surface area is 132 Å². The third-order valence-electron chi connectivity index (χ3n) is 4.46. The Kier molecular flexibility index (Phi) is 5.12. The van der Waals surface area contributed by atoms with Gasteiger partial charge in [-0.25, -0.2) is 4.79 Å². The highest BCUT2D eigenvalue weighted by atomic mass is 16.3. The van der Waals surface area contributed by atoms with Gasteiger partial charge >= 0.3 is 6.03 Å². The summed E-state index contributed by atoms with van der Waals surface area (Å²) in [6, 6.07) is -0.258. The van der Waals surface area contributed by atoms with Gasteiger partial charge in [0, 0.05) is 26.2 Å². The first-order chi connectivity index (χ1) is 10.3. The molecule has 0 radical (unpaired) electrons. The van der Waals surface area contributed by atoms with Crippen molar-refractivity contribution in [2.45, 2.75) is 52.0 Å². The molecule has 22 heavy (non-hydrogen) atoms. The minimum Gasteiger partial charge on any atom is -0.395 e. The van der Waals surface area contributed by atoms with Crippen LogP contribution in [0.2, 0.25) is 0 Å². The predicted octanol–water partition coefficient (Wildman–Crippen LogP) is 1.19. The van der Waals surface area contributed by atoms with Gasteiger partial charge in [-0.3, -0.25) is 14.6 Å². The van der Waals surface area contributed by atoms with Crippen molar-refractivity contribution in [1.82, 2.24) is 15.1 Å². The van der Waals surface area contributed by atoms with Crippen LogP contribution in [0.15, 0.2) is 0 Å². The average molecular weight is 311 g/mol. The fourth-order valence-electron chi connectivity index (χ4n) is 3.52. The van der Waals surface area contributed by atoms with E-state index in [4.69, 9.17) is 0 Å². The number of imide groups is 1. The van der Waals surface area contributed by atoms with Gasteiger partial charge in [0.2, 0.25) is 0 Å². The van der Waals surface area contributed by atoms with Crippen molar-refractivity contribution in [3.8, 4) is 0 Å². The largest absolute Gasteiger partial charge is 0.395 e. The van der Waals surface area contributed by atoms with Gasteiger partial charge in [-0.15, -0.1) is 0 Å². The molecule has 2 fully saturated rings. The third kappa shape index (κ3) is 3.79. The second-order valence-electron chi connectivity index (χ2n) is 7.74. The highest BCUT2D eigenvalue weighted by Crippen LogP contribution is 2.34. The lowest BCUT2D eigenvalue weighted by molar-refractivity contribution is -0.131. The summed E-state index contributed by atoms with van der Waals surface area (Å²) in [7, 11) is 0. The van der Waals surface area contributed by atoms with Crippen molar-refractivity contribution in [3.05, 3.63) is 0 Å². The summed E-state index contributed by atoms with van der Waals surface area (Å²) in [6.07, 6.45) is 3.52. The summed E-state index contributed by atoms with van der Waals surface area (Å²) in [4.78, 5) is 28.2. The summed E-state index contributed by atoms with van der Waals surface area (Å²) >= 11 is 0. The molecule has 3 amide bonds. The van der Waals surface area contributed by atoms with Crippen LogP contribution in [0, 0.1) is 5.41 Å². The van der Waals surface area contributed by atoms with Gasteiger partial charge < -0.3 is 10.4 Å². The van der Waals surface area contributed by atoms with Crippen molar-refractivity contribution >= 4 is 11.9 Å². The van der Waals surface area contributed by atoms with Crippen LogP contribution in [0.1, 0.15) is 46.5 Å². The molecule has 0 aromatic heterocycles. The lowest BCUT2D eigenvalue weighted by Gasteiger charge is -2.30. The standard InChI is InChI=1S/C16H29N3O3/c1-15(2,3)12-18(10-11-20)8-9-19-13(21)16(17-14(19)22)6-4-5-7-16/h20H,4-12H2,1-3H3,(H,17,22). The molecule has 2 rings (SSSR count). The normalized spacial score (nSPS) is 21.2. The summed E-state index contributed by atoms with van der Waals surface area (Å²) in [5.41, 5.74) is -0.512. The number of urea groups is 1. The highest BCUT2D eigenvalue weighted by Gasteiger charge is 2.52. The van der Waals surface area contributed by atoms with Crippen molar-refractivity contribution in [3.63, 3.8) is 0 Å². The monoisotopic (exact) mass is 311 g/mol. The van der Waals surface area contributed by atoms with Crippen molar-refractivity contribution in [2.24, 2.45) is 5.41 Å². The maximum atomic E-state index is 12.6. The number of carbonyl (C=O) groups is 2. The van der Waals surface area contributed by atoms with E-state index in [9.17, 15) is 14.7 Å². The molecule has 1 aliphatic heterocycles. The fraction of sp³-hybridized carbons (Fsp3) is 0.875. The Morgan fingerprint density at radius 3 is 2.41 bits per heavy atom. The molecule has 0 aromatic rings. The van der Waals surface area contributed by atoms with E-state index in [1.54, 1.807) is 0 Å². The topological polar surface area (TPSA) is 72.9 Å². The number of nitrogens with zero attached hydrogens (tertiary/aromatic N) is 2. The van der Waals surface area contributed by atoms with Gasteiger partial charge in [-0.1, -0.05) is 33.6 Å². The molecule has 1 spiro atoms. The minimum absolute atomic E-state index is 0.0605. The maximum absolute atomic E-state index is 12.6. The molecule has 1 saturated carbocycles. The van der Waals surface area contributed by atoms with Gasteiger partial charge in [0.05, 0.1) is 6.61 Å². The first-order valence-electron chi connectivity index (χ1n) is 8.25. The molecule has 6 nitrogen and oxygen atoms in total. The molecule has 1 saturated heterocycles. The van der Waals surface area contributed by atoms with E-state index in [1.807, 2.05) is 0 Å². The molecule has 0 aromatic carbocycles. The number of hydrogen-bond donors (Lipinski definition) is 2. The smallest absolute Gasteiger partial charge is 0.325 e. The summed E-state index contributed by atoms with van der Waals surface area (Å²) in [5.74, 6) is -0.0605. The maximum Gasteiger partial charge on any atom is 0.325 e. The van der Waals surface area contributed by atoms with Gasteiger partial charge in [-0.2, -0.15) is 0 Å². The molecular weight excluding hydrogens is 282 g/mol. The van der Waals surface area contributed by atoms with E-state index >= 15 is 0 Å². The van der Waals surface area contributed by atoms with E-state index in [2.05, 4.69) is 31.0 Å². The van der Waals surface area contributed by atoms with Crippen LogP contribution >= 0.6 is 0 Å². The van der Waals surface area contributed by atoms with E-state index in [0.29, 0.717) is 19.6 Å². The summed E-state index contributed by atoms with van der Waals surface area (Å²) in [5, 5.41) is 12.1. The SMILES string of the molecule is CC(C)(C)CN(CCO)CCN1C(=O)NC2(CCCC2)C1=O. The van der Waals surface area contributed by atoms with E-state index < -0.39 is 5.54 Å². The summed E-state index contributed by atoms with van der Waals surface area (Å²) in [6.45, 7) is 8.87. The second-order valence-corrected chi connectivity index (χ2v) is 7.74. The molecular formula is C16H29N3O3. The van der Waals surface area contributed by atoms with Crippen LogP contribution in [0.3, 0.4) is 0 Å². The predicted molar refractivity (Wildman–Crippen MR) is 84.4 cm³/mol. The molecule has 6 heteroatoms. The first kappa shape index (κ1) is 17.2. The number of nitrogens with one attached hydrogen (secondary N) is 1. The molecule has 0 unspecified atom stereocenters. The van der Waals surface area contributed by atoms with Crippen LogP contribution in [-0.4, -0.2) is 65.2 Å². The van der Waals surface area contributed by atoms with Gasteiger partial charge in [-0.05, 0) is 18.3 Å². The zero-order valence-corrected chi connectivity index (χ0v) is 14.0. The number of hydrogen-bond acceptors (Lipinski definition) is 4. The van der Waals surface area contributed by atoms with Crippen molar-refractivity contribution in [2.75, 3.05) is 32.8 Å². The van der Waals surface area contributed by atoms with Gasteiger partial charge in [0.15, 0.2) is 0 Å². The molecule has 2 N–H and O–H groups in total. The Balaban J connectivity index is 1.94. The van der Waals surface area contributed by atoms with Crippen LogP contribution in [0.4, 0.5) is 4.79 Å². The molecule has 2 aliphatic rings. The lowest BCUT2D eigenvalue weighted by atomic mass is 9.96. The number of amides is 3. The van der Waals surface area contributed by atoms with Gasteiger partial charge in [0.1, 0.15) is 5.54 Å². The number of aliphatic hydroxyl groups excluding tert-OH is 1. The number of aliphatic hydroxyl groups is 1. The average Bonchev–Trinajstić information content (AvgIpc) is 2.94. The van der Waals surface area contributed by atoms with E-state index in [1.165, 1.54) is 4.90 Å². The summed E-state index contributed by atoms with van der Waals surface area (Å²) < 4.78 is 0. The van der Waals surface area contributed by atoms with Crippen molar-refractivity contribution in [1.29, 1.82) is 0 Å². The fourth-order valence-corrected chi connectivity index (χ4v) is 3.52. The zero-order valence-electron chi connectivity index (χ0n) is 14.0. The number of carbonyl (C=O) groups excluding carboxylic acids is 2. The molecule has 0 atom stereocenters. The van der Waals surface area contributed by atoms with Gasteiger partial charge in [0.25, 0.3) is 5.91 Å². The van der Waals surface area contributed by atoms with Crippen LogP contribution in [0.5, 0.6) is 0 Å². The third-order valence-corrected chi connectivity index (χ3v) is 4.46. The Bertz CT molecular complexity index is 425. The Morgan fingerprint density at radius 2 is 1.86 bits per heavy atom. The molecule has 1 heterocycles. The number of rotatable bonds is 6. The van der Waals surface area contributed by atoms with E-state index in [-0.39, 0.29) is 24.0 Å². The highest BCUT2D eigenvalue weighted by molar-refractivity contribution is 6.07. The van der Waals surface area contributed by atoms with Crippen molar-refractivity contribution < 1.29 is 14.7 Å². The van der Waals surface area contributed by atoms with Crippen LogP contribution in [0.25, 0.3) is 0 Å². The van der Waals surface area contributed by atoms with Crippen LogP contribution in [-0.2, 0) is 4.79 Å². The van der Waals surface area contributed by atoms with Crippen LogP contribution < -0.4 is 5.32 Å². The second kappa shape index (κ2) is 6.54. The Hall–Kier alpha value is -1.14. The zero-order chi connectivity index (χ0) is 16.4. The quantitative estimate of drug-likeness (QED) is 0.723. The molecule has 0 bridgehead atoms. The lowest BCUT2D eigenvalue weighted by Crippen LogP contribution is -2.45. The van der Waals surface area contributed by atoms with E-state index in [0.717, 1.165) is 32.2 Å². The minimum atomic E-state index is -0.622. The Morgan fingerprint density at radius 1 is 1.23 bits per heavy atom. The molecule has 1 aliphatic carbocycles. The first-order valence-corrected chi connectivity index (χ1v) is 8.25. The molecule has 126 valence electrons.